The molecule has 1 aromatic carbocycles. The van der Waals surface area contributed by atoms with E-state index in [0.29, 0.717) is 5.95 Å². The first-order valence-electron chi connectivity index (χ1n) is 7.58. The molecule has 1 heterocycles. The van der Waals surface area contributed by atoms with Crippen LogP contribution < -0.4 is 15.5 Å². The zero-order valence-corrected chi connectivity index (χ0v) is 13.8. The Balaban J connectivity index is 1.70. The summed E-state index contributed by atoms with van der Waals surface area (Å²) in [6, 6.07) is 10.6. The lowest BCUT2D eigenvalue weighted by atomic mass is 10.2. The van der Waals surface area contributed by atoms with Crippen molar-refractivity contribution in [2.75, 3.05) is 37.4 Å². The number of aryl methyl sites for hydroxylation is 2. The fraction of sp³-hybridized carbons (Fsp3) is 0.412. The van der Waals surface area contributed by atoms with Crippen molar-refractivity contribution in [1.82, 2.24) is 15.3 Å². The van der Waals surface area contributed by atoms with Gasteiger partial charge in [0, 0.05) is 50.8 Å². The highest BCUT2D eigenvalue weighted by atomic mass is 15.1. The standard InChI is InChI=1S/C17H25N5/c1-13-11-14(2)21-17(20-13)19-10-9-18-12-15-5-7-16(8-6-15)22(3)4/h5-8,11,18H,9-10,12H2,1-4H3,(H,19,20,21). The van der Waals surface area contributed by atoms with Gasteiger partial charge >= 0.3 is 0 Å². The van der Waals surface area contributed by atoms with E-state index in [0.717, 1.165) is 31.0 Å². The third-order valence-corrected chi connectivity index (χ3v) is 3.35. The average molecular weight is 299 g/mol. The minimum absolute atomic E-state index is 0.703. The molecule has 1 aromatic heterocycles. The highest BCUT2D eigenvalue weighted by Crippen LogP contribution is 2.11. The molecule has 0 amide bonds. The summed E-state index contributed by atoms with van der Waals surface area (Å²) in [5, 5.41) is 6.66. The van der Waals surface area contributed by atoms with Crippen molar-refractivity contribution in [3.63, 3.8) is 0 Å². The molecule has 0 atom stereocenters. The van der Waals surface area contributed by atoms with Gasteiger partial charge in [0.15, 0.2) is 0 Å². The summed E-state index contributed by atoms with van der Waals surface area (Å²) in [6.45, 7) is 6.50. The Morgan fingerprint density at radius 1 is 0.955 bits per heavy atom. The summed E-state index contributed by atoms with van der Waals surface area (Å²) in [5.41, 5.74) is 4.48. The second kappa shape index (κ2) is 7.75. The van der Waals surface area contributed by atoms with Crippen LogP contribution in [0.15, 0.2) is 30.3 Å². The molecule has 2 rings (SSSR count). The molecule has 2 N–H and O–H groups in total. The summed E-state index contributed by atoms with van der Waals surface area (Å²) in [6.07, 6.45) is 0. The SMILES string of the molecule is Cc1cc(C)nc(NCCNCc2ccc(N(C)C)cc2)n1. The van der Waals surface area contributed by atoms with Gasteiger partial charge in [0.2, 0.25) is 5.95 Å². The van der Waals surface area contributed by atoms with Gasteiger partial charge in [-0.25, -0.2) is 9.97 Å². The summed E-state index contributed by atoms with van der Waals surface area (Å²) in [4.78, 5) is 10.8. The molecule has 0 saturated carbocycles. The molecule has 0 aliphatic heterocycles. The molecule has 0 bridgehead atoms. The Kier molecular flexibility index (Phi) is 5.72. The molecule has 118 valence electrons. The lowest BCUT2D eigenvalue weighted by Crippen LogP contribution is -2.22. The normalized spacial score (nSPS) is 10.5. The van der Waals surface area contributed by atoms with Gasteiger partial charge < -0.3 is 15.5 Å². The fourth-order valence-corrected chi connectivity index (χ4v) is 2.21. The van der Waals surface area contributed by atoms with Crippen molar-refractivity contribution in [3.05, 3.63) is 47.3 Å². The van der Waals surface area contributed by atoms with Gasteiger partial charge in [-0.1, -0.05) is 12.1 Å². The average Bonchev–Trinajstić information content (AvgIpc) is 2.46. The third kappa shape index (κ3) is 5.00. The molecule has 22 heavy (non-hydrogen) atoms. The highest BCUT2D eigenvalue weighted by molar-refractivity contribution is 5.45. The second-order valence-electron chi connectivity index (χ2n) is 5.64. The van der Waals surface area contributed by atoms with Crippen LogP contribution in [0.25, 0.3) is 0 Å². The van der Waals surface area contributed by atoms with E-state index in [2.05, 4.69) is 49.8 Å². The molecule has 0 saturated heterocycles. The molecule has 5 heteroatoms. The monoisotopic (exact) mass is 299 g/mol. The Morgan fingerprint density at radius 3 is 2.18 bits per heavy atom. The quantitative estimate of drug-likeness (QED) is 0.769. The molecule has 0 aliphatic rings. The first kappa shape index (κ1) is 16.2. The first-order valence-corrected chi connectivity index (χ1v) is 7.58. The van der Waals surface area contributed by atoms with Crippen LogP contribution >= 0.6 is 0 Å². The number of nitrogens with one attached hydrogen (secondary N) is 2. The van der Waals surface area contributed by atoms with Crippen LogP contribution in [-0.4, -0.2) is 37.2 Å². The van der Waals surface area contributed by atoms with Gasteiger partial charge in [0.05, 0.1) is 0 Å². The number of nitrogens with zero attached hydrogens (tertiary/aromatic N) is 3. The fourth-order valence-electron chi connectivity index (χ4n) is 2.21. The van der Waals surface area contributed by atoms with Crippen molar-refractivity contribution in [2.45, 2.75) is 20.4 Å². The number of anilines is 2. The number of hydrogen-bond donors (Lipinski definition) is 2. The van der Waals surface area contributed by atoms with Crippen LogP contribution in [-0.2, 0) is 6.54 Å². The number of rotatable bonds is 7. The lowest BCUT2D eigenvalue weighted by Gasteiger charge is -2.13. The molecule has 0 spiro atoms. The summed E-state index contributed by atoms with van der Waals surface area (Å²) < 4.78 is 0. The van der Waals surface area contributed by atoms with Crippen molar-refractivity contribution < 1.29 is 0 Å². The Hall–Kier alpha value is -2.14. The minimum Gasteiger partial charge on any atom is -0.378 e. The maximum Gasteiger partial charge on any atom is 0.223 e. The van der Waals surface area contributed by atoms with E-state index in [1.54, 1.807) is 0 Å². The topological polar surface area (TPSA) is 53.1 Å². The lowest BCUT2D eigenvalue weighted by molar-refractivity contribution is 0.704. The Labute approximate surface area is 132 Å². The predicted molar refractivity (Wildman–Crippen MR) is 92.5 cm³/mol. The van der Waals surface area contributed by atoms with E-state index < -0.39 is 0 Å². The maximum atomic E-state index is 4.36. The van der Waals surface area contributed by atoms with E-state index in [1.165, 1.54) is 11.3 Å². The summed E-state index contributed by atoms with van der Waals surface area (Å²) in [5.74, 6) is 0.703. The molecule has 0 radical (unpaired) electrons. The predicted octanol–water partition coefficient (Wildman–Crippen LogP) is 2.36. The molecule has 0 aliphatic carbocycles. The third-order valence-electron chi connectivity index (χ3n) is 3.35. The number of benzene rings is 1. The largest absolute Gasteiger partial charge is 0.378 e. The van der Waals surface area contributed by atoms with Gasteiger partial charge in [-0.15, -0.1) is 0 Å². The van der Waals surface area contributed by atoms with E-state index >= 15 is 0 Å². The zero-order valence-electron chi connectivity index (χ0n) is 13.8. The van der Waals surface area contributed by atoms with Gasteiger partial charge in [0.25, 0.3) is 0 Å². The van der Waals surface area contributed by atoms with Crippen LogP contribution in [0, 0.1) is 13.8 Å². The molecule has 0 unspecified atom stereocenters. The van der Waals surface area contributed by atoms with Gasteiger partial charge in [0.1, 0.15) is 0 Å². The Bertz CT molecular complexity index is 572. The van der Waals surface area contributed by atoms with Crippen molar-refractivity contribution >= 4 is 11.6 Å². The minimum atomic E-state index is 0.703. The van der Waals surface area contributed by atoms with Crippen LogP contribution in [0.1, 0.15) is 17.0 Å². The second-order valence-corrected chi connectivity index (χ2v) is 5.64. The molecule has 0 fully saturated rings. The molecular formula is C17H25N5. The summed E-state index contributed by atoms with van der Waals surface area (Å²) >= 11 is 0. The van der Waals surface area contributed by atoms with Gasteiger partial charge in [-0.3, -0.25) is 0 Å². The smallest absolute Gasteiger partial charge is 0.223 e. The molecular weight excluding hydrogens is 274 g/mol. The van der Waals surface area contributed by atoms with Crippen molar-refractivity contribution in [1.29, 1.82) is 0 Å². The number of aromatic nitrogens is 2. The van der Waals surface area contributed by atoms with Crippen LogP contribution in [0.5, 0.6) is 0 Å². The van der Waals surface area contributed by atoms with E-state index in [1.807, 2.05) is 34.0 Å². The highest BCUT2D eigenvalue weighted by Gasteiger charge is 1.99. The van der Waals surface area contributed by atoms with Crippen molar-refractivity contribution in [2.24, 2.45) is 0 Å². The van der Waals surface area contributed by atoms with Gasteiger partial charge in [-0.2, -0.15) is 0 Å². The van der Waals surface area contributed by atoms with E-state index in [9.17, 15) is 0 Å². The van der Waals surface area contributed by atoms with E-state index in [4.69, 9.17) is 0 Å². The first-order chi connectivity index (χ1) is 10.5. The summed E-state index contributed by atoms with van der Waals surface area (Å²) in [7, 11) is 4.10. The number of hydrogen-bond acceptors (Lipinski definition) is 5. The van der Waals surface area contributed by atoms with E-state index in [-0.39, 0.29) is 0 Å². The van der Waals surface area contributed by atoms with Crippen LogP contribution in [0.4, 0.5) is 11.6 Å². The maximum absolute atomic E-state index is 4.36. The van der Waals surface area contributed by atoms with Crippen LogP contribution in [0.2, 0.25) is 0 Å². The Morgan fingerprint density at radius 2 is 1.59 bits per heavy atom. The van der Waals surface area contributed by atoms with Crippen LogP contribution in [0.3, 0.4) is 0 Å². The zero-order chi connectivity index (χ0) is 15.9. The van der Waals surface area contributed by atoms with Crippen molar-refractivity contribution in [3.8, 4) is 0 Å². The van der Waals surface area contributed by atoms with Gasteiger partial charge in [-0.05, 0) is 37.6 Å². The molecule has 5 nitrogen and oxygen atoms in total. The molecule has 2 aromatic rings.